The molecule has 0 unspecified atom stereocenters. The van der Waals surface area contributed by atoms with Crippen LogP contribution in [0.5, 0.6) is 0 Å². The quantitative estimate of drug-likeness (QED) is 0.868. The van der Waals surface area contributed by atoms with Gasteiger partial charge in [0.2, 0.25) is 0 Å². The maximum atomic E-state index is 4.37. The van der Waals surface area contributed by atoms with Crippen LogP contribution in [0.15, 0.2) is 24.3 Å². The van der Waals surface area contributed by atoms with Crippen molar-refractivity contribution in [2.24, 2.45) is 0 Å². The molecule has 0 aliphatic carbocycles. The first-order valence-corrected chi connectivity index (χ1v) is 5.96. The SMILES string of the molecule is CNc1cc(Nc2ccc(C)c(C)c2)nc(C)n1. The second-order valence-electron chi connectivity index (χ2n) is 4.36. The van der Waals surface area contributed by atoms with Gasteiger partial charge in [-0.25, -0.2) is 9.97 Å². The number of hydrogen-bond donors (Lipinski definition) is 2. The molecule has 0 bridgehead atoms. The Kier molecular flexibility index (Phi) is 3.46. The van der Waals surface area contributed by atoms with E-state index in [1.54, 1.807) is 0 Å². The molecule has 0 aliphatic rings. The van der Waals surface area contributed by atoms with Gasteiger partial charge in [0.15, 0.2) is 0 Å². The van der Waals surface area contributed by atoms with E-state index in [1.165, 1.54) is 11.1 Å². The highest BCUT2D eigenvalue weighted by atomic mass is 15.1. The third-order valence-corrected chi connectivity index (χ3v) is 2.87. The number of aryl methyl sites for hydroxylation is 3. The Hall–Kier alpha value is -2.10. The number of nitrogens with zero attached hydrogens (tertiary/aromatic N) is 2. The van der Waals surface area contributed by atoms with Crippen LogP contribution in [0.4, 0.5) is 17.3 Å². The number of anilines is 3. The summed E-state index contributed by atoms with van der Waals surface area (Å²) in [4.78, 5) is 8.63. The van der Waals surface area contributed by atoms with Crippen molar-refractivity contribution in [1.82, 2.24) is 9.97 Å². The third kappa shape index (κ3) is 2.77. The van der Waals surface area contributed by atoms with E-state index in [9.17, 15) is 0 Å². The van der Waals surface area contributed by atoms with Crippen molar-refractivity contribution in [3.05, 3.63) is 41.2 Å². The minimum atomic E-state index is 0.744. The molecule has 0 spiro atoms. The molecule has 1 aromatic carbocycles. The zero-order valence-corrected chi connectivity index (χ0v) is 11.2. The van der Waals surface area contributed by atoms with Gasteiger partial charge >= 0.3 is 0 Å². The van der Waals surface area contributed by atoms with E-state index < -0.39 is 0 Å². The lowest BCUT2D eigenvalue weighted by molar-refractivity contribution is 1.06. The van der Waals surface area contributed by atoms with Crippen LogP contribution in [0.2, 0.25) is 0 Å². The Bertz CT molecular complexity index is 564. The van der Waals surface area contributed by atoms with Crippen LogP contribution in [0, 0.1) is 20.8 Å². The van der Waals surface area contributed by atoms with Gasteiger partial charge in [-0.15, -0.1) is 0 Å². The first kappa shape index (κ1) is 12.4. The fourth-order valence-corrected chi connectivity index (χ4v) is 1.73. The molecule has 2 rings (SSSR count). The molecule has 0 radical (unpaired) electrons. The van der Waals surface area contributed by atoms with Crippen molar-refractivity contribution in [3.8, 4) is 0 Å². The lowest BCUT2D eigenvalue weighted by atomic mass is 10.1. The molecule has 0 saturated heterocycles. The highest BCUT2D eigenvalue weighted by Crippen LogP contribution is 2.19. The Balaban J connectivity index is 2.27. The Labute approximate surface area is 107 Å². The summed E-state index contributed by atoms with van der Waals surface area (Å²) in [7, 11) is 1.85. The number of hydrogen-bond acceptors (Lipinski definition) is 4. The third-order valence-electron chi connectivity index (χ3n) is 2.87. The minimum Gasteiger partial charge on any atom is -0.373 e. The first-order chi connectivity index (χ1) is 8.58. The van der Waals surface area contributed by atoms with Crippen LogP contribution in [0.25, 0.3) is 0 Å². The zero-order chi connectivity index (χ0) is 13.1. The van der Waals surface area contributed by atoms with Crippen molar-refractivity contribution < 1.29 is 0 Å². The van der Waals surface area contributed by atoms with Gasteiger partial charge < -0.3 is 10.6 Å². The van der Waals surface area contributed by atoms with Crippen LogP contribution in [-0.4, -0.2) is 17.0 Å². The largest absolute Gasteiger partial charge is 0.373 e. The highest BCUT2D eigenvalue weighted by Gasteiger charge is 2.02. The normalized spacial score (nSPS) is 10.2. The molecular weight excluding hydrogens is 224 g/mol. The second kappa shape index (κ2) is 5.04. The molecule has 0 saturated carbocycles. The van der Waals surface area contributed by atoms with Gasteiger partial charge in [-0.05, 0) is 44.0 Å². The standard InChI is InChI=1S/C14H18N4/c1-9-5-6-12(7-10(9)2)18-14-8-13(15-4)16-11(3)17-14/h5-8H,1-4H3,(H2,15,16,17,18). The summed E-state index contributed by atoms with van der Waals surface area (Å²) in [5.74, 6) is 2.36. The van der Waals surface area contributed by atoms with Crippen LogP contribution < -0.4 is 10.6 Å². The molecule has 94 valence electrons. The van der Waals surface area contributed by atoms with Crippen LogP contribution in [0.1, 0.15) is 17.0 Å². The molecule has 2 N–H and O–H groups in total. The average Bonchev–Trinajstić information content (AvgIpc) is 2.33. The van der Waals surface area contributed by atoms with Crippen LogP contribution in [-0.2, 0) is 0 Å². The number of rotatable bonds is 3. The highest BCUT2D eigenvalue weighted by molar-refractivity contribution is 5.60. The summed E-state index contributed by atoms with van der Waals surface area (Å²) in [6, 6.07) is 8.16. The maximum absolute atomic E-state index is 4.37. The summed E-state index contributed by atoms with van der Waals surface area (Å²) in [5.41, 5.74) is 3.59. The van der Waals surface area contributed by atoms with Crippen molar-refractivity contribution in [2.75, 3.05) is 17.7 Å². The van der Waals surface area contributed by atoms with Crippen molar-refractivity contribution in [3.63, 3.8) is 0 Å². The van der Waals surface area contributed by atoms with Gasteiger partial charge in [-0.3, -0.25) is 0 Å². The van der Waals surface area contributed by atoms with E-state index in [0.717, 1.165) is 23.1 Å². The van der Waals surface area contributed by atoms with E-state index >= 15 is 0 Å². The van der Waals surface area contributed by atoms with E-state index in [1.807, 2.05) is 20.0 Å². The molecule has 2 aromatic rings. The molecule has 1 heterocycles. The molecule has 0 fully saturated rings. The molecule has 0 aliphatic heterocycles. The predicted molar refractivity (Wildman–Crippen MR) is 75.5 cm³/mol. The van der Waals surface area contributed by atoms with Gasteiger partial charge in [0.05, 0.1) is 0 Å². The predicted octanol–water partition coefficient (Wildman–Crippen LogP) is 3.19. The van der Waals surface area contributed by atoms with Crippen molar-refractivity contribution in [2.45, 2.75) is 20.8 Å². The molecule has 4 heteroatoms. The Morgan fingerprint density at radius 2 is 1.61 bits per heavy atom. The van der Waals surface area contributed by atoms with E-state index in [0.29, 0.717) is 0 Å². The van der Waals surface area contributed by atoms with Gasteiger partial charge in [-0.2, -0.15) is 0 Å². The fraction of sp³-hybridized carbons (Fsp3) is 0.286. The smallest absolute Gasteiger partial charge is 0.136 e. The average molecular weight is 242 g/mol. The maximum Gasteiger partial charge on any atom is 0.136 e. The second-order valence-corrected chi connectivity index (χ2v) is 4.36. The summed E-state index contributed by atoms with van der Waals surface area (Å²) >= 11 is 0. The summed E-state index contributed by atoms with van der Waals surface area (Å²) in [5, 5.41) is 6.32. The topological polar surface area (TPSA) is 49.8 Å². The van der Waals surface area contributed by atoms with Gasteiger partial charge in [-0.1, -0.05) is 6.07 Å². The molecule has 1 aromatic heterocycles. The molecule has 4 nitrogen and oxygen atoms in total. The molecule has 0 atom stereocenters. The molecule has 18 heavy (non-hydrogen) atoms. The lowest BCUT2D eigenvalue weighted by Crippen LogP contribution is -2.01. The zero-order valence-electron chi connectivity index (χ0n) is 11.2. The minimum absolute atomic E-state index is 0.744. The Morgan fingerprint density at radius 1 is 0.889 bits per heavy atom. The van der Waals surface area contributed by atoms with Gasteiger partial charge in [0, 0.05) is 18.8 Å². The van der Waals surface area contributed by atoms with Crippen LogP contribution in [0.3, 0.4) is 0 Å². The fourth-order valence-electron chi connectivity index (χ4n) is 1.73. The monoisotopic (exact) mass is 242 g/mol. The number of benzene rings is 1. The molecule has 0 amide bonds. The van der Waals surface area contributed by atoms with Crippen molar-refractivity contribution in [1.29, 1.82) is 0 Å². The summed E-state index contributed by atoms with van der Waals surface area (Å²) in [6.07, 6.45) is 0. The summed E-state index contributed by atoms with van der Waals surface area (Å²) < 4.78 is 0. The van der Waals surface area contributed by atoms with Gasteiger partial charge in [0.25, 0.3) is 0 Å². The van der Waals surface area contributed by atoms with Crippen LogP contribution >= 0.6 is 0 Å². The first-order valence-electron chi connectivity index (χ1n) is 5.96. The number of nitrogens with one attached hydrogen (secondary N) is 2. The number of aromatic nitrogens is 2. The van der Waals surface area contributed by atoms with Gasteiger partial charge in [0.1, 0.15) is 17.5 Å². The summed E-state index contributed by atoms with van der Waals surface area (Å²) in [6.45, 7) is 6.09. The Morgan fingerprint density at radius 3 is 2.28 bits per heavy atom. The van der Waals surface area contributed by atoms with E-state index in [-0.39, 0.29) is 0 Å². The lowest BCUT2D eigenvalue weighted by Gasteiger charge is -2.10. The van der Waals surface area contributed by atoms with E-state index in [2.05, 4.69) is 52.6 Å². The van der Waals surface area contributed by atoms with Crippen molar-refractivity contribution >= 4 is 17.3 Å². The van der Waals surface area contributed by atoms with E-state index in [4.69, 9.17) is 0 Å². The molecular formula is C14H18N4.